The number of Topliss-reactive ketones (excluding diaryl/α,β-unsaturated/α-hetero) is 1. The van der Waals surface area contributed by atoms with E-state index in [1.807, 2.05) is 0 Å². The molecule has 0 saturated carbocycles. The lowest BCUT2D eigenvalue weighted by Crippen LogP contribution is -2.26. The number of carbonyl (C=O) groups is 3. The lowest BCUT2D eigenvalue weighted by atomic mass is 10.1. The normalized spacial score (nSPS) is 11.9. The Kier molecular flexibility index (Phi) is 6.06. The van der Waals surface area contributed by atoms with Gasteiger partial charge in [0.2, 0.25) is 11.7 Å². The minimum Gasteiger partial charge on any atom is -0.449 e. The van der Waals surface area contributed by atoms with Crippen LogP contribution in [0.25, 0.3) is 10.8 Å². The van der Waals surface area contributed by atoms with Gasteiger partial charge in [0.25, 0.3) is 5.56 Å². The molecule has 1 atom stereocenters. The molecule has 1 amide bonds. The summed E-state index contributed by atoms with van der Waals surface area (Å²) in [5.41, 5.74) is 0.406. The molecule has 0 aliphatic carbocycles. The van der Waals surface area contributed by atoms with Crippen molar-refractivity contribution in [3.05, 3.63) is 70.1 Å². The van der Waals surface area contributed by atoms with Crippen LogP contribution in [0.2, 0.25) is 0 Å². The van der Waals surface area contributed by atoms with E-state index in [0.29, 0.717) is 22.0 Å². The zero-order valence-corrected chi connectivity index (χ0v) is 16.8. The molecule has 0 aliphatic rings. The van der Waals surface area contributed by atoms with Gasteiger partial charge in [-0.1, -0.05) is 32.0 Å². The van der Waals surface area contributed by atoms with Crippen LogP contribution >= 0.6 is 0 Å². The topological polar surface area (TPSA) is 118 Å². The molecule has 1 heterocycles. The summed E-state index contributed by atoms with van der Waals surface area (Å²) in [5.74, 6) is -1.51. The van der Waals surface area contributed by atoms with Crippen molar-refractivity contribution >= 4 is 34.1 Å². The van der Waals surface area contributed by atoms with Gasteiger partial charge < -0.3 is 10.1 Å². The summed E-state index contributed by atoms with van der Waals surface area (Å²) in [4.78, 5) is 48.8. The van der Waals surface area contributed by atoms with Crippen LogP contribution in [-0.2, 0) is 9.53 Å². The largest absolute Gasteiger partial charge is 0.449 e. The van der Waals surface area contributed by atoms with Crippen LogP contribution in [-0.4, -0.2) is 34.0 Å². The molecule has 8 nitrogen and oxygen atoms in total. The van der Waals surface area contributed by atoms with E-state index in [0.717, 1.165) is 0 Å². The molecule has 3 aromatic rings. The Bertz CT molecular complexity index is 1170. The minimum atomic E-state index is -1.07. The first-order valence-corrected chi connectivity index (χ1v) is 9.41. The third-order valence-corrected chi connectivity index (χ3v) is 4.50. The summed E-state index contributed by atoms with van der Waals surface area (Å²) in [6.45, 7) is 5.02. The molecule has 0 radical (unpaired) electrons. The predicted octanol–water partition coefficient (Wildman–Crippen LogP) is 2.95. The number of benzene rings is 2. The summed E-state index contributed by atoms with van der Waals surface area (Å²) in [6, 6.07) is 12.8. The lowest BCUT2D eigenvalue weighted by molar-refractivity contribution is -0.118. The van der Waals surface area contributed by atoms with E-state index in [-0.39, 0.29) is 17.5 Å². The monoisotopic (exact) mass is 407 g/mol. The Morgan fingerprint density at radius 2 is 1.60 bits per heavy atom. The second-order valence-electron chi connectivity index (χ2n) is 7.08. The molecular formula is C22H21N3O5. The van der Waals surface area contributed by atoms with Crippen molar-refractivity contribution in [2.45, 2.75) is 26.9 Å². The summed E-state index contributed by atoms with van der Waals surface area (Å²) in [7, 11) is 0. The third kappa shape index (κ3) is 4.43. The molecule has 2 N–H and O–H groups in total. The number of hydrogen-bond donors (Lipinski definition) is 2. The quantitative estimate of drug-likeness (QED) is 0.479. The van der Waals surface area contributed by atoms with Crippen LogP contribution in [0.3, 0.4) is 0 Å². The first-order chi connectivity index (χ1) is 14.3. The molecule has 8 heteroatoms. The number of aromatic amines is 1. The Morgan fingerprint density at radius 3 is 2.23 bits per heavy atom. The molecule has 2 aromatic carbocycles. The third-order valence-electron chi connectivity index (χ3n) is 4.50. The molecule has 154 valence electrons. The molecule has 1 aromatic heterocycles. The Hall–Kier alpha value is -3.81. The number of nitrogens with zero attached hydrogens (tertiary/aromatic N) is 1. The number of ether oxygens (including phenoxy) is 1. The number of esters is 1. The van der Waals surface area contributed by atoms with Crippen LogP contribution in [0, 0.1) is 5.92 Å². The molecule has 0 unspecified atom stereocenters. The van der Waals surface area contributed by atoms with E-state index in [2.05, 4.69) is 15.5 Å². The number of rotatable bonds is 6. The fourth-order valence-electron chi connectivity index (χ4n) is 2.78. The van der Waals surface area contributed by atoms with Gasteiger partial charge in [-0.25, -0.2) is 9.89 Å². The fourth-order valence-corrected chi connectivity index (χ4v) is 2.78. The Morgan fingerprint density at radius 1 is 0.967 bits per heavy atom. The van der Waals surface area contributed by atoms with Crippen LogP contribution < -0.4 is 10.9 Å². The van der Waals surface area contributed by atoms with Crippen LogP contribution in [0.1, 0.15) is 41.6 Å². The average molecular weight is 407 g/mol. The van der Waals surface area contributed by atoms with Crippen molar-refractivity contribution < 1.29 is 19.1 Å². The van der Waals surface area contributed by atoms with E-state index in [9.17, 15) is 19.2 Å². The summed E-state index contributed by atoms with van der Waals surface area (Å²) >= 11 is 0. The minimum absolute atomic E-state index is 0.0726. The maximum Gasteiger partial charge on any atom is 0.360 e. The predicted molar refractivity (Wildman–Crippen MR) is 111 cm³/mol. The number of hydrogen-bond acceptors (Lipinski definition) is 6. The number of nitrogens with one attached hydrogen (secondary N) is 2. The zero-order chi connectivity index (χ0) is 21.8. The zero-order valence-electron chi connectivity index (χ0n) is 16.8. The standard InChI is InChI=1S/C22H21N3O5/c1-12(2)20(27)23-15-10-8-14(9-11-15)19(26)13(3)30-22(29)18-16-6-4-5-7-17(16)21(28)25-24-18/h4-13H,1-3H3,(H,23,27)(H,25,28)/t13-/m0/s1. The maximum absolute atomic E-state index is 12.6. The van der Waals surface area contributed by atoms with Gasteiger partial charge >= 0.3 is 5.97 Å². The molecule has 0 saturated heterocycles. The van der Waals surface area contributed by atoms with Crippen molar-refractivity contribution in [3.63, 3.8) is 0 Å². The smallest absolute Gasteiger partial charge is 0.360 e. The van der Waals surface area contributed by atoms with Gasteiger partial charge in [-0.2, -0.15) is 5.10 Å². The Labute approximate surface area is 172 Å². The molecule has 0 aliphatic heterocycles. The summed E-state index contributed by atoms with van der Waals surface area (Å²) < 4.78 is 5.28. The van der Waals surface area contributed by atoms with Crippen molar-refractivity contribution in [2.24, 2.45) is 5.92 Å². The highest BCUT2D eigenvalue weighted by Crippen LogP contribution is 2.17. The van der Waals surface area contributed by atoms with Gasteiger partial charge in [0, 0.05) is 22.6 Å². The van der Waals surface area contributed by atoms with E-state index >= 15 is 0 Å². The van der Waals surface area contributed by atoms with Gasteiger partial charge in [-0.05, 0) is 37.3 Å². The highest BCUT2D eigenvalue weighted by molar-refractivity contribution is 6.05. The number of amides is 1. The van der Waals surface area contributed by atoms with Crippen molar-refractivity contribution in [1.29, 1.82) is 0 Å². The Balaban J connectivity index is 1.73. The van der Waals surface area contributed by atoms with E-state index < -0.39 is 23.4 Å². The van der Waals surface area contributed by atoms with Crippen LogP contribution in [0.4, 0.5) is 5.69 Å². The maximum atomic E-state index is 12.6. The van der Waals surface area contributed by atoms with Gasteiger partial charge in [-0.15, -0.1) is 0 Å². The van der Waals surface area contributed by atoms with Gasteiger partial charge in [0.1, 0.15) is 0 Å². The molecule has 0 bridgehead atoms. The van der Waals surface area contributed by atoms with Crippen LogP contribution in [0.5, 0.6) is 0 Å². The fraction of sp³-hybridized carbons (Fsp3) is 0.227. The number of aromatic nitrogens is 2. The highest BCUT2D eigenvalue weighted by Gasteiger charge is 2.23. The number of ketones is 1. The van der Waals surface area contributed by atoms with Crippen molar-refractivity contribution in [2.75, 3.05) is 5.32 Å². The first kappa shape index (κ1) is 20.9. The SMILES string of the molecule is CC(C)C(=O)Nc1ccc(C(=O)[C@H](C)OC(=O)c2n[nH]c(=O)c3ccccc23)cc1. The number of anilines is 1. The van der Waals surface area contributed by atoms with Gasteiger partial charge in [-0.3, -0.25) is 14.4 Å². The van der Waals surface area contributed by atoms with Crippen LogP contribution in [0.15, 0.2) is 53.3 Å². The second-order valence-corrected chi connectivity index (χ2v) is 7.08. The highest BCUT2D eigenvalue weighted by atomic mass is 16.5. The van der Waals surface area contributed by atoms with Crippen molar-refractivity contribution in [1.82, 2.24) is 10.2 Å². The number of fused-ring (bicyclic) bond motifs is 1. The summed E-state index contributed by atoms with van der Waals surface area (Å²) in [5, 5.41) is 9.43. The molecular weight excluding hydrogens is 386 g/mol. The second kappa shape index (κ2) is 8.69. The molecule has 0 fully saturated rings. The lowest BCUT2D eigenvalue weighted by Gasteiger charge is -2.13. The van der Waals surface area contributed by atoms with Crippen molar-refractivity contribution in [3.8, 4) is 0 Å². The van der Waals surface area contributed by atoms with Gasteiger partial charge in [0.15, 0.2) is 11.8 Å². The van der Waals surface area contributed by atoms with Gasteiger partial charge in [0.05, 0.1) is 5.39 Å². The average Bonchev–Trinajstić information content (AvgIpc) is 2.74. The van der Waals surface area contributed by atoms with E-state index in [1.165, 1.54) is 6.92 Å². The molecule has 0 spiro atoms. The molecule has 3 rings (SSSR count). The number of H-pyrrole nitrogens is 1. The number of carbonyl (C=O) groups excluding carboxylic acids is 3. The van der Waals surface area contributed by atoms with E-state index in [1.54, 1.807) is 62.4 Å². The molecule has 30 heavy (non-hydrogen) atoms. The first-order valence-electron chi connectivity index (χ1n) is 9.41. The summed E-state index contributed by atoms with van der Waals surface area (Å²) in [6.07, 6.45) is -1.07. The van der Waals surface area contributed by atoms with E-state index in [4.69, 9.17) is 4.74 Å².